The zero-order chi connectivity index (χ0) is 34.3. The third-order valence-electron chi connectivity index (χ3n) is 10.3. The molecule has 9 aromatic carbocycles. The van der Waals surface area contributed by atoms with E-state index in [-0.39, 0.29) is 0 Å². The van der Waals surface area contributed by atoms with Crippen LogP contribution in [-0.4, -0.2) is 0 Å². The van der Waals surface area contributed by atoms with Crippen LogP contribution >= 0.6 is 0 Å². The number of aryl methyl sites for hydroxylation is 2. The lowest BCUT2D eigenvalue weighted by molar-refractivity contribution is 1.28. The van der Waals surface area contributed by atoms with E-state index < -0.39 is 0 Å². The van der Waals surface area contributed by atoms with E-state index in [1.807, 2.05) is 0 Å². The number of benzene rings is 9. The van der Waals surface area contributed by atoms with Gasteiger partial charge >= 0.3 is 0 Å². The Morgan fingerprint density at radius 1 is 0.314 bits per heavy atom. The predicted octanol–water partition coefficient (Wildman–Crippen LogP) is 14.2. The summed E-state index contributed by atoms with van der Waals surface area (Å²) in [5, 5.41) is 7.63. The molecule has 0 atom stereocenters. The molecule has 1 nitrogen and oxygen atoms in total. The lowest BCUT2D eigenvalue weighted by atomic mass is 9.83. The van der Waals surface area contributed by atoms with Gasteiger partial charge in [-0.3, -0.25) is 0 Å². The summed E-state index contributed by atoms with van der Waals surface area (Å²) in [4.78, 5) is 2.31. The van der Waals surface area contributed by atoms with Crippen molar-refractivity contribution in [2.45, 2.75) is 13.8 Å². The average molecular weight is 652 g/mol. The number of hydrogen-bond donors (Lipinski definition) is 0. The van der Waals surface area contributed by atoms with Crippen LogP contribution in [0, 0.1) is 13.8 Å². The summed E-state index contributed by atoms with van der Waals surface area (Å²) in [5.74, 6) is 0. The fourth-order valence-electron chi connectivity index (χ4n) is 7.86. The summed E-state index contributed by atoms with van der Waals surface area (Å²) in [5.41, 5.74) is 13.5. The SMILES string of the molecule is Cc1cc(-c2c3ccccc3c(-c3ccc4ccccc4c3)c3ccccc23)c(C)cc1-c1ccc(N(c2ccccc2)c2ccccc2)cc1. The summed E-state index contributed by atoms with van der Waals surface area (Å²) in [6, 6.07) is 68.3. The molecule has 9 rings (SSSR count). The summed E-state index contributed by atoms with van der Waals surface area (Å²) in [7, 11) is 0. The first-order chi connectivity index (χ1) is 25.1. The molecule has 9 aromatic rings. The topological polar surface area (TPSA) is 3.24 Å². The van der Waals surface area contributed by atoms with Crippen LogP contribution in [0.15, 0.2) is 188 Å². The Morgan fingerprint density at radius 3 is 1.33 bits per heavy atom. The number of fused-ring (bicyclic) bond motifs is 3. The molecule has 0 spiro atoms. The van der Waals surface area contributed by atoms with Crippen molar-refractivity contribution in [3.05, 3.63) is 199 Å². The van der Waals surface area contributed by atoms with E-state index >= 15 is 0 Å². The summed E-state index contributed by atoms with van der Waals surface area (Å²) < 4.78 is 0. The Bertz CT molecular complexity index is 2590. The Balaban J connectivity index is 1.16. The largest absolute Gasteiger partial charge is 0.311 e. The van der Waals surface area contributed by atoms with Crippen molar-refractivity contribution < 1.29 is 0 Å². The average Bonchev–Trinajstić information content (AvgIpc) is 3.19. The lowest BCUT2D eigenvalue weighted by Crippen LogP contribution is -2.09. The van der Waals surface area contributed by atoms with Gasteiger partial charge in [-0.05, 0) is 133 Å². The second-order valence-corrected chi connectivity index (χ2v) is 13.4. The summed E-state index contributed by atoms with van der Waals surface area (Å²) >= 11 is 0. The molecule has 0 heterocycles. The number of para-hydroxylation sites is 2. The minimum absolute atomic E-state index is 1.13. The molecular formula is C50H37N. The van der Waals surface area contributed by atoms with Crippen LogP contribution in [0.25, 0.3) is 65.7 Å². The molecule has 0 amide bonds. The fourth-order valence-corrected chi connectivity index (χ4v) is 7.86. The quantitative estimate of drug-likeness (QED) is 0.162. The molecule has 0 radical (unpaired) electrons. The number of nitrogens with zero attached hydrogens (tertiary/aromatic N) is 1. The van der Waals surface area contributed by atoms with Gasteiger partial charge in [0.05, 0.1) is 0 Å². The van der Waals surface area contributed by atoms with E-state index in [4.69, 9.17) is 0 Å². The van der Waals surface area contributed by atoms with Crippen molar-refractivity contribution in [1.29, 1.82) is 0 Å². The van der Waals surface area contributed by atoms with E-state index in [0.29, 0.717) is 0 Å². The number of anilines is 3. The smallest absolute Gasteiger partial charge is 0.0462 e. The van der Waals surface area contributed by atoms with Crippen LogP contribution in [0.4, 0.5) is 17.1 Å². The molecule has 1 heteroatoms. The Morgan fingerprint density at radius 2 is 0.745 bits per heavy atom. The van der Waals surface area contributed by atoms with Gasteiger partial charge in [-0.25, -0.2) is 0 Å². The zero-order valence-corrected chi connectivity index (χ0v) is 28.8. The summed E-state index contributed by atoms with van der Waals surface area (Å²) in [6.45, 7) is 4.51. The fraction of sp³-hybridized carbons (Fsp3) is 0.0400. The van der Waals surface area contributed by atoms with Crippen LogP contribution in [0.3, 0.4) is 0 Å². The highest BCUT2D eigenvalue weighted by atomic mass is 15.1. The Hall–Kier alpha value is -6.44. The first kappa shape index (κ1) is 30.6. The highest BCUT2D eigenvalue weighted by molar-refractivity contribution is 6.22. The molecule has 0 fully saturated rings. The monoisotopic (exact) mass is 651 g/mol. The van der Waals surface area contributed by atoms with Crippen molar-refractivity contribution >= 4 is 49.4 Å². The molecule has 0 unspecified atom stereocenters. The second kappa shape index (κ2) is 12.8. The van der Waals surface area contributed by atoms with Gasteiger partial charge in [-0.15, -0.1) is 0 Å². The Kier molecular flexibility index (Phi) is 7.67. The first-order valence-electron chi connectivity index (χ1n) is 17.7. The second-order valence-electron chi connectivity index (χ2n) is 13.4. The molecule has 0 aromatic heterocycles. The highest BCUT2D eigenvalue weighted by Crippen LogP contribution is 2.46. The Labute approximate surface area is 299 Å². The van der Waals surface area contributed by atoms with Gasteiger partial charge < -0.3 is 4.90 Å². The molecule has 0 aliphatic rings. The molecule has 0 bridgehead atoms. The molecule has 242 valence electrons. The van der Waals surface area contributed by atoms with Gasteiger partial charge in [0, 0.05) is 17.1 Å². The van der Waals surface area contributed by atoms with Crippen LogP contribution in [0.5, 0.6) is 0 Å². The third-order valence-corrected chi connectivity index (χ3v) is 10.3. The lowest BCUT2D eigenvalue weighted by Gasteiger charge is -2.25. The van der Waals surface area contributed by atoms with E-state index in [2.05, 4.69) is 207 Å². The molecule has 0 N–H and O–H groups in total. The van der Waals surface area contributed by atoms with Crippen molar-refractivity contribution in [3.63, 3.8) is 0 Å². The first-order valence-corrected chi connectivity index (χ1v) is 17.7. The van der Waals surface area contributed by atoms with Crippen molar-refractivity contribution in [3.8, 4) is 33.4 Å². The zero-order valence-electron chi connectivity index (χ0n) is 28.8. The third kappa shape index (κ3) is 5.44. The highest BCUT2D eigenvalue weighted by Gasteiger charge is 2.19. The van der Waals surface area contributed by atoms with Crippen LogP contribution in [-0.2, 0) is 0 Å². The number of hydrogen-bond acceptors (Lipinski definition) is 1. The van der Waals surface area contributed by atoms with E-state index in [1.165, 1.54) is 76.8 Å². The van der Waals surface area contributed by atoms with Gasteiger partial charge in [0.2, 0.25) is 0 Å². The maximum atomic E-state index is 2.41. The van der Waals surface area contributed by atoms with Crippen molar-refractivity contribution in [1.82, 2.24) is 0 Å². The minimum Gasteiger partial charge on any atom is -0.311 e. The van der Waals surface area contributed by atoms with E-state index in [0.717, 1.165) is 17.1 Å². The van der Waals surface area contributed by atoms with Gasteiger partial charge in [-0.1, -0.05) is 146 Å². The molecule has 51 heavy (non-hydrogen) atoms. The van der Waals surface area contributed by atoms with Gasteiger partial charge in [0.25, 0.3) is 0 Å². The van der Waals surface area contributed by atoms with Gasteiger partial charge in [0.15, 0.2) is 0 Å². The van der Waals surface area contributed by atoms with Crippen LogP contribution in [0.1, 0.15) is 11.1 Å². The standard InChI is InChI=1S/C50H37N/c1-34-32-48(35(2)31-47(34)37-27-29-42(30-28-37)51(40-17-5-3-6-18-40)41-19-7-4-8-20-41)50-45-23-13-11-21-43(45)49(44-22-12-14-24-46(44)50)39-26-25-36-15-9-10-16-38(36)33-39/h3-33H,1-2H3. The van der Waals surface area contributed by atoms with Crippen LogP contribution < -0.4 is 4.90 Å². The number of rotatable bonds is 6. The predicted molar refractivity (Wildman–Crippen MR) is 219 cm³/mol. The van der Waals surface area contributed by atoms with Crippen LogP contribution in [0.2, 0.25) is 0 Å². The molecule has 0 aliphatic carbocycles. The normalized spacial score (nSPS) is 11.3. The van der Waals surface area contributed by atoms with Crippen molar-refractivity contribution in [2.24, 2.45) is 0 Å². The molecule has 0 saturated heterocycles. The van der Waals surface area contributed by atoms with E-state index in [9.17, 15) is 0 Å². The maximum Gasteiger partial charge on any atom is 0.0462 e. The molecule has 0 saturated carbocycles. The minimum atomic E-state index is 1.13. The van der Waals surface area contributed by atoms with E-state index in [1.54, 1.807) is 0 Å². The van der Waals surface area contributed by atoms with Gasteiger partial charge in [0.1, 0.15) is 0 Å². The van der Waals surface area contributed by atoms with Gasteiger partial charge in [-0.2, -0.15) is 0 Å². The molecular weight excluding hydrogens is 615 g/mol. The maximum absolute atomic E-state index is 2.41. The molecule has 0 aliphatic heterocycles. The van der Waals surface area contributed by atoms with Crippen molar-refractivity contribution in [2.75, 3.05) is 4.90 Å². The summed E-state index contributed by atoms with van der Waals surface area (Å²) in [6.07, 6.45) is 0.